The summed E-state index contributed by atoms with van der Waals surface area (Å²) in [5, 5.41) is 9.20. The van der Waals surface area contributed by atoms with Crippen molar-refractivity contribution in [2.45, 2.75) is 33.2 Å². The maximum Gasteiger partial charge on any atom is 0.310 e. The number of carboxylic acids is 1. The van der Waals surface area contributed by atoms with Gasteiger partial charge >= 0.3 is 5.97 Å². The highest BCUT2D eigenvalue weighted by Crippen LogP contribution is 2.35. The van der Waals surface area contributed by atoms with Crippen molar-refractivity contribution in [3.05, 3.63) is 23.7 Å². The van der Waals surface area contributed by atoms with Crippen molar-refractivity contribution in [1.29, 1.82) is 0 Å². The first kappa shape index (κ1) is 12.2. The summed E-state index contributed by atoms with van der Waals surface area (Å²) < 4.78 is 5.60. The molecule has 0 aliphatic carbocycles. The number of likely N-dealkylation sites (tertiary alicyclic amines) is 1. The van der Waals surface area contributed by atoms with Gasteiger partial charge in [-0.25, -0.2) is 0 Å². The van der Waals surface area contributed by atoms with Crippen LogP contribution >= 0.6 is 0 Å². The molecular formula is C13H19NO3. The lowest BCUT2D eigenvalue weighted by molar-refractivity contribution is -0.147. The van der Waals surface area contributed by atoms with E-state index in [9.17, 15) is 9.90 Å². The maximum atomic E-state index is 11.2. The Bertz CT molecular complexity index is 426. The van der Waals surface area contributed by atoms with Crippen LogP contribution in [0.15, 0.2) is 16.5 Å². The Balaban J connectivity index is 2.08. The van der Waals surface area contributed by atoms with E-state index in [-0.39, 0.29) is 6.04 Å². The Morgan fingerprint density at radius 1 is 1.59 bits per heavy atom. The molecule has 0 amide bonds. The van der Waals surface area contributed by atoms with E-state index in [1.165, 1.54) is 0 Å². The highest BCUT2D eigenvalue weighted by atomic mass is 16.4. The fraction of sp³-hybridized carbons (Fsp3) is 0.615. The van der Waals surface area contributed by atoms with Gasteiger partial charge in [0.25, 0.3) is 0 Å². The summed E-state index contributed by atoms with van der Waals surface area (Å²) in [5.41, 5.74) is -0.615. The van der Waals surface area contributed by atoms with Crippen LogP contribution in [0.25, 0.3) is 0 Å². The number of carboxylic acid groups (broad SMARTS) is 1. The number of nitrogens with zero attached hydrogens (tertiary/aromatic N) is 1. The maximum absolute atomic E-state index is 11.2. The molecule has 4 heteroatoms. The van der Waals surface area contributed by atoms with Gasteiger partial charge in [0.2, 0.25) is 0 Å². The lowest BCUT2D eigenvalue weighted by Crippen LogP contribution is -2.32. The minimum Gasteiger partial charge on any atom is -0.481 e. The average Bonchev–Trinajstić information content (AvgIpc) is 2.85. The van der Waals surface area contributed by atoms with Crippen molar-refractivity contribution in [1.82, 2.24) is 4.90 Å². The van der Waals surface area contributed by atoms with Crippen LogP contribution in [0.1, 0.15) is 37.8 Å². The van der Waals surface area contributed by atoms with Crippen LogP contribution < -0.4 is 0 Å². The normalized spacial score (nSPS) is 27.2. The van der Waals surface area contributed by atoms with Gasteiger partial charge in [-0.2, -0.15) is 0 Å². The molecule has 0 bridgehead atoms. The number of carbonyl (C=O) groups is 1. The summed E-state index contributed by atoms with van der Waals surface area (Å²) in [6.45, 7) is 7.19. The van der Waals surface area contributed by atoms with Gasteiger partial charge in [-0.15, -0.1) is 0 Å². The van der Waals surface area contributed by atoms with Crippen LogP contribution in [0.2, 0.25) is 0 Å². The van der Waals surface area contributed by atoms with Gasteiger partial charge in [-0.3, -0.25) is 9.69 Å². The lowest BCUT2D eigenvalue weighted by atomic mass is 9.90. The third-order valence-corrected chi connectivity index (χ3v) is 3.74. The Morgan fingerprint density at radius 3 is 2.76 bits per heavy atom. The Labute approximate surface area is 101 Å². The SMILES string of the molecule is Cc1ccc(C(C)N2CCC(C)(C(=O)O)C2)o1. The number of hydrogen-bond acceptors (Lipinski definition) is 3. The van der Waals surface area contributed by atoms with Crippen molar-refractivity contribution in [3.8, 4) is 0 Å². The van der Waals surface area contributed by atoms with Gasteiger partial charge in [-0.1, -0.05) is 0 Å². The molecule has 2 heterocycles. The zero-order chi connectivity index (χ0) is 12.6. The molecule has 1 fully saturated rings. The summed E-state index contributed by atoms with van der Waals surface area (Å²) in [6.07, 6.45) is 0.701. The van der Waals surface area contributed by atoms with Crippen molar-refractivity contribution in [2.75, 3.05) is 13.1 Å². The smallest absolute Gasteiger partial charge is 0.310 e. The Hall–Kier alpha value is -1.29. The van der Waals surface area contributed by atoms with E-state index in [1.807, 2.05) is 26.0 Å². The molecule has 2 atom stereocenters. The first-order chi connectivity index (χ1) is 7.92. The van der Waals surface area contributed by atoms with Crippen molar-refractivity contribution < 1.29 is 14.3 Å². The van der Waals surface area contributed by atoms with Crippen LogP contribution in [0.5, 0.6) is 0 Å². The van der Waals surface area contributed by atoms with Crippen molar-refractivity contribution in [2.24, 2.45) is 5.41 Å². The first-order valence-corrected chi connectivity index (χ1v) is 5.96. The number of rotatable bonds is 3. The van der Waals surface area contributed by atoms with E-state index in [4.69, 9.17) is 4.42 Å². The highest BCUT2D eigenvalue weighted by Gasteiger charge is 2.42. The molecule has 2 rings (SSSR count). The van der Waals surface area contributed by atoms with Gasteiger partial charge in [0.15, 0.2) is 0 Å². The minimum absolute atomic E-state index is 0.143. The van der Waals surface area contributed by atoms with Gasteiger partial charge in [0.05, 0.1) is 11.5 Å². The fourth-order valence-corrected chi connectivity index (χ4v) is 2.36. The zero-order valence-corrected chi connectivity index (χ0v) is 10.6. The van der Waals surface area contributed by atoms with Crippen LogP contribution in [-0.2, 0) is 4.79 Å². The molecule has 4 nitrogen and oxygen atoms in total. The predicted octanol–water partition coefficient (Wildman–Crippen LogP) is 2.45. The second kappa shape index (κ2) is 4.18. The molecule has 1 saturated heterocycles. The van der Waals surface area contributed by atoms with E-state index in [1.54, 1.807) is 0 Å². The standard InChI is InChI=1S/C13H19NO3/c1-9-4-5-11(17-9)10(2)14-7-6-13(3,8-14)12(15)16/h4-5,10H,6-8H2,1-3H3,(H,15,16). The van der Waals surface area contributed by atoms with Gasteiger partial charge < -0.3 is 9.52 Å². The third-order valence-electron chi connectivity index (χ3n) is 3.74. The topological polar surface area (TPSA) is 53.7 Å². The molecule has 1 aromatic rings. The number of hydrogen-bond donors (Lipinski definition) is 1. The molecule has 0 spiro atoms. The quantitative estimate of drug-likeness (QED) is 0.877. The second-order valence-electron chi connectivity index (χ2n) is 5.21. The third kappa shape index (κ3) is 2.22. The van der Waals surface area contributed by atoms with Gasteiger partial charge in [-0.05, 0) is 39.3 Å². The summed E-state index contributed by atoms with van der Waals surface area (Å²) in [5.74, 6) is 1.10. The first-order valence-electron chi connectivity index (χ1n) is 5.96. The second-order valence-corrected chi connectivity index (χ2v) is 5.21. The van der Waals surface area contributed by atoms with Crippen LogP contribution in [0.3, 0.4) is 0 Å². The van der Waals surface area contributed by atoms with E-state index >= 15 is 0 Å². The molecular weight excluding hydrogens is 218 g/mol. The van der Waals surface area contributed by atoms with Gasteiger partial charge in [0.1, 0.15) is 11.5 Å². The minimum atomic E-state index is -0.706. The largest absolute Gasteiger partial charge is 0.481 e. The highest BCUT2D eigenvalue weighted by molar-refractivity contribution is 5.74. The molecule has 1 aliphatic heterocycles. The number of furan rings is 1. The molecule has 0 saturated carbocycles. The Kier molecular flexibility index (Phi) is 3.00. The molecule has 94 valence electrons. The lowest BCUT2D eigenvalue weighted by Gasteiger charge is -2.24. The molecule has 0 aromatic carbocycles. The molecule has 17 heavy (non-hydrogen) atoms. The molecule has 2 unspecified atom stereocenters. The summed E-state index contributed by atoms with van der Waals surface area (Å²) in [4.78, 5) is 13.4. The van der Waals surface area contributed by atoms with E-state index in [0.717, 1.165) is 18.1 Å². The summed E-state index contributed by atoms with van der Waals surface area (Å²) in [6, 6.07) is 4.05. The molecule has 0 radical (unpaired) electrons. The van der Waals surface area contributed by atoms with Gasteiger partial charge in [0, 0.05) is 13.1 Å². The van der Waals surface area contributed by atoms with E-state index in [2.05, 4.69) is 11.8 Å². The summed E-state index contributed by atoms with van der Waals surface area (Å²) >= 11 is 0. The number of aryl methyl sites for hydroxylation is 1. The van der Waals surface area contributed by atoms with Crippen LogP contribution in [0.4, 0.5) is 0 Å². The monoisotopic (exact) mass is 237 g/mol. The van der Waals surface area contributed by atoms with E-state index < -0.39 is 11.4 Å². The van der Waals surface area contributed by atoms with Crippen molar-refractivity contribution >= 4 is 5.97 Å². The Morgan fingerprint density at radius 2 is 2.29 bits per heavy atom. The molecule has 1 aromatic heterocycles. The molecule has 1 N–H and O–H groups in total. The van der Waals surface area contributed by atoms with E-state index in [0.29, 0.717) is 13.0 Å². The van der Waals surface area contributed by atoms with Crippen LogP contribution in [-0.4, -0.2) is 29.1 Å². The van der Waals surface area contributed by atoms with Crippen molar-refractivity contribution in [3.63, 3.8) is 0 Å². The molecule has 1 aliphatic rings. The van der Waals surface area contributed by atoms with Crippen LogP contribution in [0, 0.1) is 12.3 Å². The summed E-state index contributed by atoms with van der Waals surface area (Å²) in [7, 11) is 0. The zero-order valence-electron chi connectivity index (χ0n) is 10.6. The number of aliphatic carboxylic acids is 1. The predicted molar refractivity (Wildman–Crippen MR) is 63.8 cm³/mol. The average molecular weight is 237 g/mol. The fourth-order valence-electron chi connectivity index (χ4n) is 2.36.